The lowest BCUT2D eigenvalue weighted by Gasteiger charge is -2.16. The van der Waals surface area contributed by atoms with Crippen LogP contribution in [0.4, 0.5) is 30.2 Å². The van der Waals surface area contributed by atoms with Gasteiger partial charge in [-0.1, -0.05) is 11.6 Å². The van der Waals surface area contributed by atoms with Gasteiger partial charge in [-0.2, -0.15) is 0 Å². The molecule has 0 radical (unpaired) electrons. The summed E-state index contributed by atoms with van der Waals surface area (Å²) < 4.78 is 47.3. The number of amides is 1. The summed E-state index contributed by atoms with van der Waals surface area (Å²) in [6.07, 6.45) is 0. The minimum absolute atomic E-state index is 0.166. The highest BCUT2D eigenvalue weighted by atomic mass is 35.5. The minimum atomic E-state index is -1.23. The SMILES string of the molecule is COc1ccc(NC(=O)c2c(Nc3ccc(F)cc3C)cc(F)c(Cl)c2F)c(C)n1. The molecule has 5 nitrogen and oxygen atoms in total. The minimum Gasteiger partial charge on any atom is -0.481 e. The largest absolute Gasteiger partial charge is 0.481 e. The molecule has 1 heterocycles. The van der Waals surface area contributed by atoms with Crippen LogP contribution in [0.1, 0.15) is 21.6 Å². The Hall–Kier alpha value is -3.26. The number of halogens is 4. The number of pyridine rings is 1. The first kappa shape index (κ1) is 21.4. The number of carbonyl (C=O) groups is 1. The van der Waals surface area contributed by atoms with Gasteiger partial charge < -0.3 is 15.4 Å². The van der Waals surface area contributed by atoms with Gasteiger partial charge in [0.1, 0.15) is 22.2 Å². The molecular weight excluding hydrogens is 419 g/mol. The maximum Gasteiger partial charge on any atom is 0.260 e. The number of nitrogens with zero attached hydrogens (tertiary/aromatic N) is 1. The van der Waals surface area contributed by atoms with Crippen molar-refractivity contribution in [3.8, 4) is 5.88 Å². The van der Waals surface area contributed by atoms with Crippen molar-refractivity contribution in [2.24, 2.45) is 0 Å². The van der Waals surface area contributed by atoms with Crippen molar-refractivity contribution in [1.82, 2.24) is 4.98 Å². The molecule has 0 aliphatic rings. The second kappa shape index (κ2) is 8.62. The predicted octanol–water partition coefficient (Wildman–Crippen LogP) is 5.77. The van der Waals surface area contributed by atoms with Crippen molar-refractivity contribution in [3.63, 3.8) is 0 Å². The Bertz CT molecular complexity index is 1140. The van der Waals surface area contributed by atoms with Gasteiger partial charge in [-0.3, -0.25) is 4.79 Å². The highest BCUT2D eigenvalue weighted by Crippen LogP contribution is 2.32. The van der Waals surface area contributed by atoms with Crippen molar-refractivity contribution in [3.05, 3.63) is 75.7 Å². The molecule has 0 fully saturated rings. The molecule has 0 atom stereocenters. The molecule has 0 bridgehead atoms. The Labute approximate surface area is 175 Å². The van der Waals surface area contributed by atoms with E-state index in [4.69, 9.17) is 16.3 Å². The summed E-state index contributed by atoms with van der Waals surface area (Å²) in [5.74, 6) is -3.26. The molecule has 30 heavy (non-hydrogen) atoms. The molecule has 1 amide bonds. The van der Waals surface area contributed by atoms with Crippen LogP contribution < -0.4 is 15.4 Å². The number of anilines is 3. The van der Waals surface area contributed by atoms with Crippen molar-refractivity contribution >= 4 is 34.6 Å². The van der Waals surface area contributed by atoms with Crippen LogP contribution in [0.3, 0.4) is 0 Å². The Balaban J connectivity index is 2.02. The van der Waals surface area contributed by atoms with Gasteiger partial charge in [-0.25, -0.2) is 18.2 Å². The van der Waals surface area contributed by atoms with E-state index in [1.807, 2.05) is 0 Å². The van der Waals surface area contributed by atoms with Crippen LogP contribution in [0.2, 0.25) is 5.02 Å². The summed E-state index contributed by atoms with van der Waals surface area (Å²) in [6.45, 7) is 3.24. The average Bonchev–Trinajstić information content (AvgIpc) is 2.69. The number of aryl methyl sites for hydroxylation is 2. The van der Waals surface area contributed by atoms with E-state index in [9.17, 15) is 18.0 Å². The van der Waals surface area contributed by atoms with Gasteiger partial charge in [0.15, 0.2) is 5.82 Å². The van der Waals surface area contributed by atoms with Crippen LogP contribution in [0, 0.1) is 31.3 Å². The molecule has 9 heteroatoms. The van der Waals surface area contributed by atoms with Crippen molar-refractivity contribution in [1.29, 1.82) is 0 Å². The van der Waals surface area contributed by atoms with Gasteiger partial charge in [-0.15, -0.1) is 0 Å². The Morgan fingerprint density at radius 1 is 1.03 bits per heavy atom. The lowest BCUT2D eigenvalue weighted by molar-refractivity contribution is 0.102. The zero-order valence-corrected chi connectivity index (χ0v) is 17.0. The molecule has 156 valence electrons. The van der Waals surface area contributed by atoms with E-state index in [0.29, 0.717) is 28.5 Å². The molecule has 3 aromatic rings. The third kappa shape index (κ3) is 4.33. The Morgan fingerprint density at radius 2 is 1.73 bits per heavy atom. The van der Waals surface area contributed by atoms with E-state index in [2.05, 4.69) is 15.6 Å². The van der Waals surface area contributed by atoms with E-state index in [1.54, 1.807) is 19.9 Å². The van der Waals surface area contributed by atoms with Gasteiger partial charge in [0.05, 0.1) is 24.2 Å². The highest BCUT2D eigenvalue weighted by Gasteiger charge is 2.24. The van der Waals surface area contributed by atoms with Gasteiger partial charge >= 0.3 is 0 Å². The van der Waals surface area contributed by atoms with E-state index in [-0.39, 0.29) is 5.69 Å². The number of aromatic nitrogens is 1. The number of methoxy groups -OCH3 is 1. The third-order valence-corrected chi connectivity index (χ3v) is 4.71. The number of nitrogens with one attached hydrogen (secondary N) is 2. The number of hydrogen-bond acceptors (Lipinski definition) is 4. The number of hydrogen-bond donors (Lipinski definition) is 2. The molecule has 2 N–H and O–H groups in total. The van der Waals surface area contributed by atoms with E-state index in [1.165, 1.54) is 31.4 Å². The monoisotopic (exact) mass is 435 g/mol. The highest BCUT2D eigenvalue weighted by molar-refractivity contribution is 6.31. The summed E-state index contributed by atoms with van der Waals surface area (Å²) in [4.78, 5) is 17.0. The standard InChI is InChI=1S/C21H17ClF3N3O2/c1-10-8-12(23)4-5-14(10)27-16-9-13(24)19(22)20(25)18(16)21(29)28-15-6-7-17(30-3)26-11(15)2/h4-9,27H,1-3H3,(H,28,29). The van der Waals surface area contributed by atoms with Crippen LogP contribution in [-0.4, -0.2) is 18.0 Å². The molecular formula is C21H17ClF3N3O2. The number of rotatable bonds is 5. The van der Waals surface area contributed by atoms with Crippen LogP contribution in [-0.2, 0) is 0 Å². The summed E-state index contributed by atoms with van der Waals surface area (Å²) in [5, 5.41) is 4.50. The van der Waals surface area contributed by atoms with E-state index >= 15 is 0 Å². The van der Waals surface area contributed by atoms with Gasteiger partial charge in [0, 0.05) is 11.8 Å². The molecule has 0 spiro atoms. The number of benzene rings is 2. The summed E-state index contributed by atoms with van der Waals surface area (Å²) in [6, 6.07) is 7.80. The third-order valence-electron chi connectivity index (χ3n) is 4.36. The predicted molar refractivity (Wildman–Crippen MR) is 109 cm³/mol. The maximum absolute atomic E-state index is 14.8. The van der Waals surface area contributed by atoms with E-state index in [0.717, 1.165) is 6.07 Å². The first-order chi connectivity index (χ1) is 14.2. The fourth-order valence-electron chi connectivity index (χ4n) is 2.80. The number of carbonyl (C=O) groups excluding carboxylic acids is 1. The molecule has 0 saturated carbocycles. The van der Waals surface area contributed by atoms with Gasteiger partial charge in [0.25, 0.3) is 5.91 Å². The van der Waals surface area contributed by atoms with Gasteiger partial charge in [0.2, 0.25) is 5.88 Å². The van der Waals surface area contributed by atoms with Crippen LogP contribution >= 0.6 is 11.6 Å². The molecule has 0 aliphatic heterocycles. The topological polar surface area (TPSA) is 63.2 Å². The molecule has 3 rings (SSSR count). The van der Waals surface area contributed by atoms with Crippen LogP contribution in [0.5, 0.6) is 5.88 Å². The molecule has 1 aromatic heterocycles. The molecule has 0 aliphatic carbocycles. The Kier molecular flexibility index (Phi) is 6.17. The second-order valence-electron chi connectivity index (χ2n) is 6.43. The Morgan fingerprint density at radius 3 is 2.37 bits per heavy atom. The number of ether oxygens (including phenoxy) is 1. The van der Waals surface area contributed by atoms with Crippen LogP contribution in [0.25, 0.3) is 0 Å². The quantitative estimate of drug-likeness (QED) is 0.499. The molecule has 2 aromatic carbocycles. The van der Waals surface area contributed by atoms with Crippen molar-refractivity contribution in [2.75, 3.05) is 17.7 Å². The zero-order chi connectivity index (χ0) is 22.0. The van der Waals surface area contributed by atoms with Crippen molar-refractivity contribution < 1.29 is 22.7 Å². The smallest absolute Gasteiger partial charge is 0.260 e. The normalized spacial score (nSPS) is 10.6. The molecule has 0 saturated heterocycles. The summed E-state index contributed by atoms with van der Waals surface area (Å²) >= 11 is 5.69. The first-order valence-electron chi connectivity index (χ1n) is 8.75. The zero-order valence-electron chi connectivity index (χ0n) is 16.2. The lowest BCUT2D eigenvalue weighted by Crippen LogP contribution is -2.18. The van der Waals surface area contributed by atoms with Crippen LogP contribution in [0.15, 0.2) is 36.4 Å². The fraction of sp³-hybridized carbons (Fsp3) is 0.143. The summed E-state index contributed by atoms with van der Waals surface area (Å²) in [7, 11) is 1.45. The average molecular weight is 436 g/mol. The second-order valence-corrected chi connectivity index (χ2v) is 6.81. The van der Waals surface area contributed by atoms with E-state index < -0.39 is 33.9 Å². The fourth-order valence-corrected chi connectivity index (χ4v) is 2.95. The van der Waals surface area contributed by atoms with Gasteiger partial charge in [-0.05, 0) is 49.7 Å². The maximum atomic E-state index is 14.8. The molecule has 0 unspecified atom stereocenters. The lowest BCUT2D eigenvalue weighted by atomic mass is 10.1. The first-order valence-corrected chi connectivity index (χ1v) is 9.12. The summed E-state index contributed by atoms with van der Waals surface area (Å²) in [5.41, 5.74) is 0.923. The van der Waals surface area contributed by atoms with Crippen molar-refractivity contribution in [2.45, 2.75) is 13.8 Å².